The van der Waals surface area contributed by atoms with Crippen molar-refractivity contribution in [3.63, 3.8) is 0 Å². The third-order valence-corrected chi connectivity index (χ3v) is 7.26. The average molecular weight is 329 g/mol. The summed E-state index contributed by atoms with van der Waals surface area (Å²) in [6.45, 7) is 6.03. The van der Waals surface area contributed by atoms with Crippen molar-refractivity contribution < 1.29 is 13.2 Å². The Labute approximate surface area is 133 Å². The zero-order chi connectivity index (χ0) is 15.7. The number of hydrogen-bond acceptors (Lipinski definition) is 4. The van der Waals surface area contributed by atoms with Crippen LogP contribution in [0.15, 0.2) is 0 Å². The average Bonchev–Trinajstić information content (AvgIpc) is 3.18. The standard InChI is InChI=1S/C15H27N3O3S/c1-2-3-7-22(20,21)18-6-4-5-14(18)15(19)17-10-12-8-16-9-13(12)11-17/h12-14,16H,2-11H2,1H3/t12-,13+,14?. The molecule has 0 saturated carbocycles. The predicted molar refractivity (Wildman–Crippen MR) is 84.9 cm³/mol. The molecule has 0 aromatic rings. The molecule has 1 unspecified atom stereocenters. The van der Waals surface area contributed by atoms with Crippen molar-refractivity contribution in [1.82, 2.24) is 14.5 Å². The molecule has 22 heavy (non-hydrogen) atoms. The van der Waals surface area contributed by atoms with E-state index in [-0.39, 0.29) is 11.7 Å². The fourth-order valence-corrected chi connectivity index (χ4v) is 5.89. The topological polar surface area (TPSA) is 69.7 Å². The molecule has 126 valence electrons. The van der Waals surface area contributed by atoms with Crippen LogP contribution in [0.5, 0.6) is 0 Å². The smallest absolute Gasteiger partial charge is 0.241 e. The Morgan fingerprint density at radius 2 is 1.91 bits per heavy atom. The van der Waals surface area contributed by atoms with Gasteiger partial charge in [0.15, 0.2) is 0 Å². The highest BCUT2D eigenvalue weighted by Gasteiger charge is 2.44. The monoisotopic (exact) mass is 329 g/mol. The predicted octanol–water partition coefficient (Wildman–Crippen LogP) is 0.259. The lowest BCUT2D eigenvalue weighted by atomic mass is 10.0. The maximum Gasteiger partial charge on any atom is 0.241 e. The molecule has 7 heteroatoms. The maximum atomic E-state index is 12.8. The molecule has 3 aliphatic rings. The highest BCUT2D eigenvalue weighted by atomic mass is 32.2. The first-order chi connectivity index (χ1) is 10.5. The van der Waals surface area contributed by atoms with Gasteiger partial charge in [0, 0.05) is 32.7 Å². The summed E-state index contributed by atoms with van der Waals surface area (Å²) in [5.41, 5.74) is 0. The number of nitrogens with one attached hydrogen (secondary N) is 1. The summed E-state index contributed by atoms with van der Waals surface area (Å²) in [4.78, 5) is 14.7. The van der Waals surface area contributed by atoms with Gasteiger partial charge >= 0.3 is 0 Å². The summed E-state index contributed by atoms with van der Waals surface area (Å²) < 4.78 is 26.4. The number of hydrogen-bond donors (Lipinski definition) is 1. The zero-order valence-electron chi connectivity index (χ0n) is 13.3. The van der Waals surface area contributed by atoms with E-state index in [0.29, 0.717) is 31.2 Å². The third kappa shape index (κ3) is 3.03. The lowest BCUT2D eigenvalue weighted by Gasteiger charge is -2.27. The van der Waals surface area contributed by atoms with Crippen LogP contribution in [0.4, 0.5) is 0 Å². The second kappa shape index (κ2) is 6.45. The van der Waals surface area contributed by atoms with Crippen molar-refractivity contribution in [2.75, 3.05) is 38.5 Å². The van der Waals surface area contributed by atoms with Gasteiger partial charge in [-0.25, -0.2) is 8.42 Å². The third-order valence-electron chi connectivity index (χ3n) is 5.30. The fourth-order valence-electron chi connectivity index (χ4n) is 4.01. The van der Waals surface area contributed by atoms with E-state index in [0.717, 1.165) is 39.0 Å². The van der Waals surface area contributed by atoms with Gasteiger partial charge in [0.05, 0.1) is 5.75 Å². The molecule has 1 N–H and O–H groups in total. The number of likely N-dealkylation sites (tertiary alicyclic amines) is 1. The number of rotatable bonds is 5. The van der Waals surface area contributed by atoms with Gasteiger partial charge in [0.25, 0.3) is 0 Å². The number of amides is 1. The van der Waals surface area contributed by atoms with Gasteiger partial charge in [-0.15, -0.1) is 0 Å². The number of carbonyl (C=O) groups excluding carboxylic acids is 1. The van der Waals surface area contributed by atoms with Gasteiger partial charge in [0.1, 0.15) is 6.04 Å². The molecule has 3 aliphatic heterocycles. The minimum atomic E-state index is -3.29. The summed E-state index contributed by atoms with van der Waals surface area (Å²) in [6.07, 6.45) is 2.99. The Balaban J connectivity index is 1.66. The quantitative estimate of drug-likeness (QED) is 0.785. The first-order valence-corrected chi connectivity index (χ1v) is 10.1. The summed E-state index contributed by atoms with van der Waals surface area (Å²) in [6, 6.07) is -0.450. The van der Waals surface area contributed by atoms with Crippen LogP contribution in [0, 0.1) is 11.8 Å². The molecule has 3 atom stereocenters. The van der Waals surface area contributed by atoms with E-state index in [1.807, 2.05) is 11.8 Å². The van der Waals surface area contributed by atoms with Crippen molar-refractivity contribution >= 4 is 15.9 Å². The molecule has 1 amide bonds. The van der Waals surface area contributed by atoms with Gasteiger partial charge < -0.3 is 10.2 Å². The van der Waals surface area contributed by atoms with E-state index in [1.165, 1.54) is 4.31 Å². The minimum absolute atomic E-state index is 0.0342. The summed E-state index contributed by atoms with van der Waals surface area (Å²) in [7, 11) is -3.29. The SMILES string of the molecule is CCCCS(=O)(=O)N1CCCC1C(=O)N1C[C@H]2CNC[C@H]2C1. The van der Waals surface area contributed by atoms with Crippen LogP contribution >= 0.6 is 0 Å². The Morgan fingerprint density at radius 3 is 2.55 bits per heavy atom. The molecule has 3 fully saturated rings. The van der Waals surface area contributed by atoms with Crippen molar-refractivity contribution in [1.29, 1.82) is 0 Å². The molecule has 3 rings (SSSR count). The maximum absolute atomic E-state index is 12.8. The lowest BCUT2D eigenvalue weighted by molar-refractivity contribution is -0.133. The van der Waals surface area contributed by atoms with Crippen LogP contribution in [-0.4, -0.2) is 68.0 Å². The second-order valence-corrected chi connectivity index (χ2v) is 8.90. The Bertz CT molecular complexity index is 510. The Morgan fingerprint density at radius 1 is 1.23 bits per heavy atom. The Kier molecular flexibility index (Phi) is 4.75. The van der Waals surface area contributed by atoms with Crippen molar-refractivity contribution in [2.24, 2.45) is 11.8 Å². The molecule has 0 bridgehead atoms. The van der Waals surface area contributed by atoms with E-state index in [4.69, 9.17) is 0 Å². The second-order valence-electron chi connectivity index (χ2n) is 6.86. The van der Waals surface area contributed by atoms with Crippen molar-refractivity contribution in [3.8, 4) is 0 Å². The fraction of sp³-hybridized carbons (Fsp3) is 0.933. The van der Waals surface area contributed by atoms with Crippen molar-refractivity contribution in [3.05, 3.63) is 0 Å². The molecule has 3 heterocycles. The summed E-state index contributed by atoms with van der Waals surface area (Å²) in [5.74, 6) is 1.31. The van der Waals surface area contributed by atoms with Crippen molar-refractivity contribution in [2.45, 2.75) is 38.6 Å². The molecular formula is C15H27N3O3S. The molecule has 0 aromatic carbocycles. The van der Waals surface area contributed by atoms with Crippen LogP contribution in [0.3, 0.4) is 0 Å². The van der Waals surface area contributed by atoms with Gasteiger partial charge in [-0.05, 0) is 31.1 Å². The highest BCUT2D eigenvalue weighted by Crippen LogP contribution is 2.30. The van der Waals surface area contributed by atoms with Crippen LogP contribution in [0.1, 0.15) is 32.6 Å². The largest absolute Gasteiger partial charge is 0.341 e. The van der Waals surface area contributed by atoms with E-state index in [9.17, 15) is 13.2 Å². The van der Waals surface area contributed by atoms with E-state index >= 15 is 0 Å². The van der Waals surface area contributed by atoms with Gasteiger partial charge in [-0.3, -0.25) is 4.79 Å². The molecule has 0 aliphatic carbocycles. The zero-order valence-corrected chi connectivity index (χ0v) is 14.1. The molecule has 6 nitrogen and oxygen atoms in total. The first-order valence-electron chi connectivity index (χ1n) is 8.52. The van der Waals surface area contributed by atoms with Gasteiger partial charge in [0.2, 0.25) is 15.9 Å². The van der Waals surface area contributed by atoms with Crippen LogP contribution in [0.25, 0.3) is 0 Å². The van der Waals surface area contributed by atoms with Gasteiger partial charge in [-0.2, -0.15) is 4.31 Å². The van der Waals surface area contributed by atoms with E-state index in [2.05, 4.69) is 5.32 Å². The van der Waals surface area contributed by atoms with E-state index in [1.54, 1.807) is 0 Å². The number of carbonyl (C=O) groups is 1. The number of sulfonamides is 1. The molecule has 3 saturated heterocycles. The molecular weight excluding hydrogens is 302 g/mol. The number of nitrogens with zero attached hydrogens (tertiary/aromatic N) is 2. The summed E-state index contributed by atoms with van der Waals surface area (Å²) >= 11 is 0. The lowest BCUT2D eigenvalue weighted by Crippen LogP contribution is -2.48. The normalized spacial score (nSPS) is 32.6. The molecule has 0 spiro atoms. The number of unbranched alkanes of at least 4 members (excludes halogenated alkanes) is 1. The highest BCUT2D eigenvalue weighted by molar-refractivity contribution is 7.89. The summed E-state index contributed by atoms with van der Waals surface area (Å²) in [5, 5.41) is 3.37. The number of fused-ring (bicyclic) bond motifs is 1. The molecule has 0 aromatic heterocycles. The van der Waals surface area contributed by atoms with Crippen LogP contribution in [0.2, 0.25) is 0 Å². The van der Waals surface area contributed by atoms with E-state index < -0.39 is 16.1 Å². The molecule has 0 radical (unpaired) electrons. The van der Waals surface area contributed by atoms with Crippen LogP contribution < -0.4 is 5.32 Å². The Hall–Kier alpha value is -0.660. The van der Waals surface area contributed by atoms with Gasteiger partial charge in [-0.1, -0.05) is 13.3 Å². The minimum Gasteiger partial charge on any atom is -0.341 e. The first kappa shape index (κ1) is 16.2. The van der Waals surface area contributed by atoms with Crippen LogP contribution in [-0.2, 0) is 14.8 Å².